The van der Waals surface area contributed by atoms with Crippen molar-refractivity contribution in [3.8, 4) is 0 Å². The number of unbranched alkanes of at least 4 members (excludes halogenated alkanes) is 14. The fourth-order valence-corrected chi connectivity index (χ4v) is 5.78. The lowest BCUT2D eigenvalue weighted by atomic mass is 10.0. The van der Waals surface area contributed by atoms with Crippen molar-refractivity contribution in [2.24, 2.45) is 0 Å². The van der Waals surface area contributed by atoms with Crippen molar-refractivity contribution in [2.45, 2.75) is 122 Å². The van der Waals surface area contributed by atoms with Crippen LogP contribution in [0.4, 0.5) is 0 Å². The minimum atomic E-state index is -4.39. The molecule has 0 radical (unpaired) electrons. The highest BCUT2D eigenvalue weighted by Crippen LogP contribution is 2.38. The van der Waals surface area contributed by atoms with E-state index in [1.165, 1.54) is 83.5 Å². The molecule has 2 atom stereocenters. The molecular weight excluding hydrogens is 537 g/mol. The molecule has 0 saturated heterocycles. The van der Waals surface area contributed by atoms with Gasteiger partial charge >= 0.3 is 5.97 Å². The normalized spacial score (nSPS) is 14.4. The van der Waals surface area contributed by atoms with E-state index in [1.54, 1.807) is 11.8 Å². The molecule has 0 heterocycles. The van der Waals surface area contributed by atoms with Gasteiger partial charge in [-0.2, -0.15) is 11.8 Å². The van der Waals surface area contributed by atoms with Crippen molar-refractivity contribution < 1.29 is 37.6 Å². The van der Waals surface area contributed by atoms with Gasteiger partial charge in [0.05, 0.1) is 33.9 Å². The third-order valence-corrected chi connectivity index (χ3v) is 8.66. The number of rotatable bonds is 30. The summed E-state index contributed by atoms with van der Waals surface area (Å²) in [6, 6.07) is 0. The maximum absolute atomic E-state index is 12.1. The molecule has 0 aliphatic heterocycles. The first-order valence-electron chi connectivity index (χ1n) is 15.4. The second kappa shape index (κ2) is 25.6. The summed E-state index contributed by atoms with van der Waals surface area (Å²) in [6.07, 6.45) is 19.6. The van der Waals surface area contributed by atoms with E-state index in [0.717, 1.165) is 12.2 Å². The Morgan fingerprint density at radius 2 is 1.36 bits per heavy atom. The lowest BCUT2D eigenvalue weighted by molar-refractivity contribution is -0.870. The average molecular weight is 598 g/mol. The van der Waals surface area contributed by atoms with E-state index in [4.69, 9.17) is 18.9 Å². The summed E-state index contributed by atoms with van der Waals surface area (Å²) in [5.41, 5.74) is 0. The molecule has 0 amide bonds. The zero-order valence-corrected chi connectivity index (χ0v) is 27.3. The standard InChI is InChI=1S/C29H60NO7PS/c1-5-6-7-8-9-10-11-12-13-14-15-16-17-20-25-39-27-28(35-23-19-18-21-29(31)32)26-37-38(33,34)36-24-22-30(2,3)4/h28H,5-27H2,1-4H3,(H-,31,32,33,34). The largest absolute Gasteiger partial charge is 0.756 e. The predicted octanol–water partition coefficient (Wildman–Crippen LogP) is 7.05. The maximum atomic E-state index is 12.1. The number of hydrogen-bond acceptors (Lipinski definition) is 7. The number of aliphatic carboxylic acids is 1. The average Bonchev–Trinajstić information content (AvgIpc) is 2.85. The first kappa shape index (κ1) is 38.9. The number of carbonyl (C=O) groups is 1. The SMILES string of the molecule is CCCCCCCCCCCCCCCCSCC(COP(=O)([O-])OCC[N+](C)(C)C)OCCCCC(=O)O. The van der Waals surface area contributed by atoms with Crippen LogP contribution in [0, 0.1) is 0 Å². The van der Waals surface area contributed by atoms with Crippen LogP contribution in [-0.2, 0) is 23.1 Å². The van der Waals surface area contributed by atoms with Crippen molar-refractivity contribution in [1.29, 1.82) is 0 Å². The Morgan fingerprint density at radius 1 is 0.821 bits per heavy atom. The van der Waals surface area contributed by atoms with E-state index in [-0.39, 0.29) is 25.7 Å². The summed E-state index contributed by atoms with van der Waals surface area (Å²) in [5.74, 6) is 0.819. The molecule has 0 aliphatic carbocycles. The fraction of sp³-hybridized carbons (Fsp3) is 0.966. The van der Waals surface area contributed by atoms with Crippen LogP contribution >= 0.6 is 19.6 Å². The summed E-state index contributed by atoms with van der Waals surface area (Å²) < 4.78 is 28.7. The van der Waals surface area contributed by atoms with Crippen LogP contribution in [0.25, 0.3) is 0 Å². The molecule has 0 rings (SSSR count). The minimum Gasteiger partial charge on any atom is -0.756 e. The van der Waals surface area contributed by atoms with Gasteiger partial charge in [-0.1, -0.05) is 90.4 Å². The molecule has 234 valence electrons. The fourth-order valence-electron chi connectivity index (χ4n) is 4.02. The maximum Gasteiger partial charge on any atom is 0.303 e. The number of likely N-dealkylation sites (N-methyl/N-ethyl adjacent to an activating group) is 1. The van der Waals surface area contributed by atoms with E-state index in [9.17, 15) is 14.3 Å². The smallest absolute Gasteiger partial charge is 0.303 e. The third kappa shape index (κ3) is 30.6. The number of phosphoric acid groups is 1. The molecule has 1 N–H and O–H groups in total. The Balaban J connectivity index is 4.02. The Labute approximate surface area is 244 Å². The van der Waals surface area contributed by atoms with Crippen molar-refractivity contribution >= 4 is 25.6 Å². The molecule has 0 fully saturated rings. The molecule has 0 spiro atoms. The molecule has 0 saturated carbocycles. The minimum absolute atomic E-state index is 0.0683. The molecule has 2 unspecified atom stereocenters. The highest BCUT2D eigenvalue weighted by Gasteiger charge is 2.17. The van der Waals surface area contributed by atoms with Crippen LogP contribution in [-0.4, -0.2) is 80.7 Å². The lowest BCUT2D eigenvalue weighted by Gasteiger charge is -2.28. The Kier molecular flexibility index (Phi) is 25.5. The van der Waals surface area contributed by atoms with Crippen LogP contribution < -0.4 is 4.89 Å². The summed E-state index contributed by atoms with van der Waals surface area (Å²) >= 11 is 1.75. The third-order valence-electron chi connectivity index (χ3n) is 6.51. The number of nitrogens with zero attached hydrogens (tertiary/aromatic N) is 1. The van der Waals surface area contributed by atoms with Gasteiger partial charge in [-0.3, -0.25) is 9.36 Å². The van der Waals surface area contributed by atoms with Crippen LogP contribution in [0.15, 0.2) is 0 Å². The van der Waals surface area contributed by atoms with Gasteiger partial charge in [-0.25, -0.2) is 0 Å². The van der Waals surface area contributed by atoms with Gasteiger partial charge in [0, 0.05) is 18.8 Å². The highest BCUT2D eigenvalue weighted by molar-refractivity contribution is 7.99. The molecule has 8 nitrogen and oxygen atoms in total. The van der Waals surface area contributed by atoms with E-state index in [2.05, 4.69) is 6.92 Å². The Morgan fingerprint density at radius 3 is 1.87 bits per heavy atom. The second-order valence-corrected chi connectivity index (χ2v) is 14.2. The van der Waals surface area contributed by atoms with Crippen molar-refractivity contribution in [2.75, 3.05) is 59.0 Å². The summed E-state index contributed by atoms with van der Waals surface area (Å²) in [7, 11) is 1.49. The van der Waals surface area contributed by atoms with Gasteiger partial charge in [0.2, 0.25) is 0 Å². The number of ether oxygens (including phenoxy) is 1. The van der Waals surface area contributed by atoms with Crippen LogP contribution in [0.3, 0.4) is 0 Å². The van der Waals surface area contributed by atoms with Gasteiger partial charge in [0.1, 0.15) is 13.2 Å². The number of hydrogen-bond donors (Lipinski definition) is 1. The predicted molar refractivity (Wildman–Crippen MR) is 161 cm³/mol. The monoisotopic (exact) mass is 597 g/mol. The molecular formula is C29H60NO7PS. The molecule has 39 heavy (non-hydrogen) atoms. The van der Waals surface area contributed by atoms with E-state index < -0.39 is 13.8 Å². The first-order valence-corrected chi connectivity index (χ1v) is 18.0. The molecule has 0 aromatic rings. The van der Waals surface area contributed by atoms with E-state index >= 15 is 0 Å². The molecule has 0 aromatic carbocycles. The van der Waals surface area contributed by atoms with E-state index in [0.29, 0.717) is 36.2 Å². The van der Waals surface area contributed by atoms with Crippen LogP contribution in [0.2, 0.25) is 0 Å². The number of phosphoric ester groups is 1. The van der Waals surface area contributed by atoms with E-state index in [1.807, 2.05) is 21.1 Å². The van der Waals surface area contributed by atoms with Crippen molar-refractivity contribution in [3.63, 3.8) is 0 Å². The Hall–Kier alpha value is -0.150. The highest BCUT2D eigenvalue weighted by atomic mass is 32.2. The summed E-state index contributed by atoms with van der Waals surface area (Å²) in [5, 5.41) is 8.78. The zero-order chi connectivity index (χ0) is 29.2. The quantitative estimate of drug-likeness (QED) is 0.0534. The number of thioether (sulfide) groups is 1. The van der Waals surface area contributed by atoms with Gasteiger partial charge in [-0.15, -0.1) is 0 Å². The molecule has 10 heteroatoms. The summed E-state index contributed by atoms with van der Waals surface area (Å²) in [4.78, 5) is 22.8. The number of quaternary nitrogens is 1. The van der Waals surface area contributed by atoms with Crippen molar-refractivity contribution in [1.82, 2.24) is 0 Å². The zero-order valence-electron chi connectivity index (χ0n) is 25.5. The van der Waals surface area contributed by atoms with Crippen LogP contribution in [0.1, 0.15) is 116 Å². The Bertz CT molecular complexity index is 619. The number of carboxylic acid groups (broad SMARTS) is 1. The lowest BCUT2D eigenvalue weighted by Crippen LogP contribution is -2.37. The molecule has 0 aliphatic rings. The molecule has 0 aromatic heterocycles. The van der Waals surface area contributed by atoms with Crippen molar-refractivity contribution in [3.05, 3.63) is 0 Å². The number of carboxylic acids is 1. The molecule has 0 bridgehead atoms. The summed E-state index contributed by atoms with van der Waals surface area (Å²) in [6.45, 7) is 3.18. The van der Waals surface area contributed by atoms with Gasteiger partial charge < -0.3 is 28.3 Å². The van der Waals surface area contributed by atoms with Crippen LogP contribution in [0.5, 0.6) is 0 Å². The first-order chi connectivity index (χ1) is 18.6. The van der Waals surface area contributed by atoms with Gasteiger partial charge in [-0.05, 0) is 25.0 Å². The topological polar surface area (TPSA) is 105 Å². The second-order valence-electron chi connectivity index (χ2n) is 11.6. The van der Waals surface area contributed by atoms with Gasteiger partial charge in [0.15, 0.2) is 0 Å². The van der Waals surface area contributed by atoms with Gasteiger partial charge in [0.25, 0.3) is 7.82 Å².